The van der Waals surface area contributed by atoms with Gasteiger partial charge in [0.15, 0.2) is 5.13 Å². The Morgan fingerprint density at radius 3 is 2.56 bits per heavy atom. The summed E-state index contributed by atoms with van der Waals surface area (Å²) in [7, 11) is 0. The van der Waals surface area contributed by atoms with Crippen LogP contribution in [-0.4, -0.2) is 22.8 Å². The number of carbonyl (C=O) groups is 2. The Morgan fingerprint density at radius 1 is 1.24 bits per heavy atom. The first-order valence-corrected chi connectivity index (χ1v) is 9.46. The maximum Gasteiger partial charge on any atom is 0.263 e. The smallest absolute Gasteiger partial charge is 0.263 e. The maximum atomic E-state index is 12.5. The number of thiazole rings is 1. The average Bonchev–Trinajstić information content (AvgIpc) is 3.23. The van der Waals surface area contributed by atoms with E-state index >= 15 is 0 Å². The van der Waals surface area contributed by atoms with Gasteiger partial charge in [0.05, 0.1) is 12.2 Å². The molecule has 0 saturated heterocycles. The van der Waals surface area contributed by atoms with E-state index in [0.29, 0.717) is 22.2 Å². The SMILES string of the molecule is CC(=O)N(Cc1ccccc1)c1nc(C)c(C(=O)NC2CCCC2)s1. The molecule has 0 unspecified atom stereocenters. The normalized spacial score (nSPS) is 14.5. The van der Waals surface area contributed by atoms with Gasteiger partial charge >= 0.3 is 0 Å². The third-order valence-electron chi connectivity index (χ3n) is 4.48. The van der Waals surface area contributed by atoms with Crippen LogP contribution in [0.3, 0.4) is 0 Å². The molecular weight excluding hydrogens is 334 g/mol. The second-order valence-electron chi connectivity index (χ2n) is 6.46. The Morgan fingerprint density at radius 2 is 1.92 bits per heavy atom. The minimum Gasteiger partial charge on any atom is -0.349 e. The molecule has 25 heavy (non-hydrogen) atoms. The van der Waals surface area contributed by atoms with Crippen LogP contribution in [0, 0.1) is 6.92 Å². The number of hydrogen-bond donors (Lipinski definition) is 1. The quantitative estimate of drug-likeness (QED) is 0.888. The topological polar surface area (TPSA) is 62.3 Å². The molecule has 0 bridgehead atoms. The predicted molar refractivity (Wildman–Crippen MR) is 99.9 cm³/mol. The summed E-state index contributed by atoms with van der Waals surface area (Å²) in [6.45, 7) is 3.80. The van der Waals surface area contributed by atoms with E-state index in [1.54, 1.807) is 4.90 Å². The first-order chi connectivity index (χ1) is 12.0. The molecule has 1 aromatic carbocycles. The van der Waals surface area contributed by atoms with Crippen LogP contribution in [0.5, 0.6) is 0 Å². The number of benzene rings is 1. The van der Waals surface area contributed by atoms with Crippen molar-refractivity contribution in [2.45, 2.75) is 52.1 Å². The highest BCUT2D eigenvalue weighted by Gasteiger charge is 2.24. The van der Waals surface area contributed by atoms with Crippen LogP contribution in [0.25, 0.3) is 0 Å². The monoisotopic (exact) mass is 357 g/mol. The fourth-order valence-electron chi connectivity index (χ4n) is 3.11. The van der Waals surface area contributed by atoms with E-state index < -0.39 is 0 Å². The molecular formula is C19H23N3O2S. The second-order valence-corrected chi connectivity index (χ2v) is 7.43. The summed E-state index contributed by atoms with van der Waals surface area (Å²) in [5.41, 5.74) is 1.71. The lowest BCUT2D eigenvalue weighted by molar-refractivity contribution is -0.116. The fourth-order valence-corrected chi connectivity index (χ4v) is 4.12. The highest BCUT2D eigenvalue weighted by Crippen LogP contribution is 2.28. The second kappa shape index (κ2) is 7.78. The van der Waals surface area contributed by atoms with Crippen molar-refractivity contribution in [1.29, 1.82) is 0 Å². The number of aryl methyl sites for hydroxylation is 1. The highest BCUT2D eigenvalue weighted by atomic mass is 32.1. The Balaban J connectivity index is 1.78. The summed E-state index contributed by atoms with van der Waals surface area (Å²) in [6, 6.07) is 10.1. The molecule has 1 aliphatic carbocycles. The van der Waals surface area contributed by atoms with Crippen molar-refractivity contribution in [3.05, 3.63) is 46.5 Å². The van der Waals surface area contributed by atoms with Gasteiger partial charge in [0.1, 0.15) is 4.88 Å². The predicted octanol–water partition coefficient (Wildman–Crippen LogP) is 3.68. The lowest BCUT2D eigenvalue weighted by Gasteiger charge is -2.17. The summed E-state index contributed by atoms with van der Waals surface area (Å²) in [6.07, 6.45) is 4.44. The number of amides is 2. The van der Waals surface area contributed by atoms with Crippen LogP contribution in [0.2, 0.25) is 0 Å². The van der Waals surface area contributed by atoms with Gasteiger partial charge in [0, 0.05) is 13.0 Å². The van der Waals surface area contributed by atoms with Gasteiger partial charge in [-0.15, -0.1) is 0 Å². The lowest BCUT2D eigenvalue weighted by Crippen LogP contribution is -2.32. The summed E-state index contributed by atoms with van der Waals surface area (Å²) < 4.78 is 0. The van der Waals surface area contributed by atoms with Crippen molar-refractivity contribution >= 4 is 28.3 Å². The van der Waals surface area contributed by atoms with Crippen LogP contribution in [0.15, 0.2) is 30.3 Å². The van der Waals surface area contributed by atoms with Gasteiger partial charge in [0.2, 0.25) is 5.91 Å². The van der Waals surface area contributed by atoms with Gasteiger partial charge in [-0.1, -0.05) is 54.5 Å². The number of anilines is 1. The Kier molecular flexibility index (Phi) is 5.48. The van der Waals surface area contributed by atoms with Gasteiger partial charge < -0.3 is 5.32 Å². The zero-order chi connectivity index (χ0) is 17.8. The molecule has 0 atom stereocenters. The third-order valence-corrected chi connectivity index (χ3v) is 5.66. The summed E-state index contributed by atoms with van der Waals surface area (Å²) >= 11 is 1.29. The van der Waals surface area contributed by atoms with Crippen molar-refractivity contribution in [3.63, 3.8) is 0 Å². The van der Waals surface area contributed by atoms with Crippen LogP contribution >= 0.6 is 11.3 Å². The van der Waals surface area contributed by atoms with Crippen molar-refractivity contribution in [2.75, 3.05) is 4.90 Å². The zero-order valence-electron chi connectivity index (χ0n) is 14.6. The molecule has 2 amide bonds. The van der Waals surface area contributed by atoms with Crippen molar-refractivity contribution < 1.29 is 9.59 Å². The van der Waals surface area contributed by atoms with Crippen molar-refractivity contribution in [3.8, 4) is 0 Å². The Hall–Kier alpha value is -2.21. The summed E-state index contributed by atoms with van der Waals surface area (Å²) in [4.78, 5) is 31.4. The van der Waals surface area contributed by atoms with Crippen LogP contribution in [0.4, 0.5) is 5.13 Å². The largest absolute Gasteiger partial charge is 0.349 e. The van der Waals surface area contributed by atoms with E-state index in [9.17, 15) is 9.59 Å². The molecule has 1 fully saturated rings. The molecule has 1 saturated carbocycles. The standard InChI is InChI=1S/C19H23N3O2S/c1-13-17(18(24)21-16-10-6-7-11-16)25-19(20-13)22(14(2)23)12-15-8-4-3-5-9-15/h3-5,8-9,16H,6-7,10-12H2,1-2H3,(H,21,24). The number of rotatable bonds is 5. The fraction of sp³-hybridized carbons (Fsp3) is 0.421. The molecule has 6 heteroatoms. The van der Waals surface area contributed by atoms with E-state index in [2.05, 4.69) is 10.3 Å². The minimum atomic E-state index is -0.0830. The van der Waals surface area contributed by atoms with E-state index in [0.717, 1.165) is 18.4 Å². The first-order valence-electron chi connectivity index (χ1n) is 8.65. The molecule has 2 aromatic rings. The van der Waals surface area contributed by atoms with Gasteiger partial charge in [-0.3, -0.25) is 14.5 Å². The Bertz CT molecular complexity index is 751. The molecule has 0 aliphatic heterocycles. The lowest BCUT2D eigenvalue weighted by atomic mass is 10.2. The zero-order valence-corrected chi connectivity index (χ0v) is 15.4. The minimum absolute atomic E-state index is 0.0728. The molecule has 1 N–H and O–H groups in total. The molecule has 132 valence electrons. The third kappa shape index (κ3) is 4.25. The first kappa shape index (κ1) is 17.6. The molecule has 3 rings (SSSR count). The van der Waals surface area contributed by atoms with E-state index in [-0.39, 0.29) is 17.9 Å². The van der Waals surface area contributed by atoms with Crippen LogP contribution in [0.1, 0.15) is 53.5 Å². The van der Waals surface area contributed by atoms with Crippen molar-refractivity contribution in [1.82, 2.24) is 10.3 Å². The van der Waals surface area contributed by atoms with Gasteiger partial charge in [-0.25, -0.2) is 4.98 Å². The van der Waals surface area contributed by atoms with Gasteiger partial charge in [-0.05, 0) is 25.3 Å². The summed E-state index contributed by atoms with van der Waals surface area (Å²) in [5.74, 6) is -0.156. The molecule has 1 aromatic heterocycles. The van der Waals surface area contributed by atoms with Gasteiger partial charge in [0.25, 0.3) is 5.91 Å². The number of carbonyl (C=O) groups excluding carboxylic acids is 2. The van der Waals surface area contributed by atoms with Crippen molar-refractivity contribution in [2.24, 2.45) is 0 Å². The molecule has 1 heterocycles. The van der Waals surface area contributed by atoms with E-state index in [4.69, 9.17) is 0 Å². The van der Waals surface area contributed by atoms with Crippen LogP contribution in [-0.2, 0) is 11.3 Å². The van der Waals surface area contributed by atoms with E-state index in [1.165, 1.54) is 31.1 Å². The highest BCUT2D eigenvalue weighted by molar-refractivity contribution is 7.17. The molecule has 0 radical (unpaired) electrons. The number of nitrogens with zero attached hydrogens (tertiary/aromatic N) is 2. The number of aromatic nitrogens is 1. The molecule has 5 nitrogen and oxygen atoms in total. The van der Waals surface area contributed by atoms with E-state index in [1.807, 2.05) is 37.3 Å². The molecule has 1 aliphatic rings. The van der Waals surface area contributed by atoms with Gasteiger partial charge in [-0.2, -0.15) is 0 Å². The van der Waals surface area contributed by atoms with Crippen LogP contribution < -0.4 is 10.2 Å². The molecule has 0 spiro atoms. The summed E-state index contributed by atoms with van der Waals surface area (Å²) in [5, 5.41) is 3.67. The number of hydrogen-bond acceptors (Lipinski definition) is 4. The number of nitrogens with one attached hydrogen (secondary N) is 1. The maximum absolute atomic E-state index is 12.5. The Labute approximate surface area is 152 Å². The average molecular weight is 357 g/mol.